The molecule has 28 heavy (non-hydrogen) atoms. The van der Waals surface area contributed by atoms with Gasteiger partial charge in [-0.25, -0.2) is 0 Å². The molecule has 4 fully saturated rings. The lowest BCUT2D eigenvalue weighted by molar-refractivity contribution is -0.138. The summed E-state index contributed by atoms with van der Waals surface area (Å²) in [5.74, 6) is -0.756. The number of nitrogens with zero attached hydrogens (tertiary/aromatic N) is 3. The van der Waals surface area contributed by atoms with Crippen LogP contribution >= 0.6 is 0 Å². The van der Waals surface area contributed by atoms with Gasteiger partial charge in [0.05, 0.1) is 6.54 Å². The number of piperidine rings is 3. The van der Waals surface area contributed by atoms with E-state index >= 15 is 0 Å². The second-order valence-corrected chi connectivity index (χ2v) is 8.75. The van der Waals surface area contributed by atoms with E-state index in [1.165, 1.54) is 50.9 Å². The minimum absolute atomic E-state index is 0.0518. The van der Waals surface area contributed by atoms with Gasteiger partial charge >= 0.3 is 5.97 Å². The Balaban J connectivity index is 1.28. The summed E-state index contributed by atoms with van der Waals surface area (Å²) >= 11 is 0. The molecule has 0 radical (unpaired) electrons. The fourth-order valence-corrected chi connectivity index (χ4v) is 4.98. The zero-order valence-corrected chi connectivity index (χ0v) is 16.6. The summed E-state index contributed by atoms with van der Waals surface area (Å²) in [5.41, 5.74) is 2.61. The first kappa shape index (κ1) is 19.4. The van der Waals surface area contributed by atoms with E-state index in [4.69, 9.17) is 5.11 Å². The Bertz CT molecular complexity index is 688. The maximum Gasteiger partial charge on any atom is 0.317 e. The van der Waals surface area contributed by atoms with Crippen molar-refractivity contribution < 1.29 is 14.7 Å². The molecular formula is C22H31N3O3. The molecule has 0 aromatic heterocycles. The zero-order valence-electron chi connectivity index (χ0n) is 16.6. The largest absolute Gasteiger partial charge is 0.480 e. The highest BCUT2D eigenvalue weighted by Crippen LogP contribution is 2.43. The number of piperazine rings is 1. The van der Waals surface area contributed by atoms with Gasteiger partial charge in [-0.2, -0.15) is 0 Å². The van der Waals surface area contributed by atoms with Crippen LogP contribution in [0.3, 0.4) is 0 Å². The number of carbonyl (C=O) groups excluding carboxylic acids is 1. The summed E-state index contributed by atoms with van der Waals surface area (Å²) in [5, 5.41) is 8.88. The number of hydrogen-bond acceptors (Lipinski definition) is 4. The molecule has 1 aromatic rings. The first-order valence-corrected chi connectivity index (χ1v) is 10.6. The van der Waals surface area contributed by atoms with Crippen molar-refractivity contribution in [2.24, 2.45) is 5.41 Å². The van der Waals surface area contributed by atoms with Gasteiger partial charge in [0, 0.05) is 31.7 Å². The van der Waals surface area contributed by atoms with Gasteiger partial charge in [0.25, 0.3) is 5.91 Å². The molecular weight excluding hydrogens is 354 g/mol. The van der Waals surface area contributed by atoms with Crippen molar-refractivity contribution in [3.8, 4) is 0 Å². The Hall–Kier alpha value is -1.92. The van der Waals surface area contributed by atoms with Crippen molar-refractivity contribution in [3.05, 3.63) is 35.4 Å². The monoisotopic (exact) mass is 385 g/mol. The van der Waals surface area contributed by atoms with Crippen molar-refractivity contribution in [1.29, 1.82) is 0 Å². The van der Waals surface area contributed by atoms with Gasteiger partial charge in [-0.15, -0.1) is 0 Å². The minimum atomic E-state index is -0.811. The van der Waals surface area contributed by atoms with Crippen LogP contribution in [0, 0.1) is 5.41 Å². The van der Waals surface area contributed by atoms with Crippen molar-refractivity contribution in [2.45, 2.75) is 32.1 Å². The molecule has 1 N–H and O–H groups in total. The summed E-state index contributed by atoms with van der Waals surface area (Å²) in [7, 11) is 0. The summed E-state index contributed by atoms with van der Waals surface area (Å²) < 4.78 is 0. The van der Waals surface area contributed by atoms with Gasteiger partial charge in [-0.05, 0) is 74.8 Å². The minimum Gasteiger partial charge on any atom is -0.480 e. The number of amides is 1. The number of carboxylic acids is 1. The summed E-state index contributed by atoms with van der Waals surface area (Å²) in [4.78, 5) is 29.8. The Morgan fingerprint density at radius 2 is 1.50 bits per heavy atom. The van der Waals surface area contributed by atoms with Crippen LogP contribution in [0.4, 0.5) is 0 Å². The topological polar surface area (TPSA) is 64.1 Å². The van der Waals surface area contributed by atoms with E-state index in [2.05, 4.69) is 17.0 Å². The van der Waals surface area contributed by atoms with Gasteiger partial charge in [-0.1, -0.05) is 12.1 Å². The average molecular weight is 386 g/mol. The van der Waals surface area contributed by atoms with Crippen LogP contribution in [0.1, 0.15) is 41.6 Å². The smallest absolute Gasteiger partial charge is 0.317 e. The van der Waals surface area contributed by atoms with E-state index in [1.54, 1.807) is 0 Å². The van der Waals surface area contributed by atoms with E-state index in [0.29, 0.717) is 31.6 Å². The van der Waals surface area contributed by atoms with Gasteiger partial charge in [0.15, 0.2) is 0 Å². The lowest BCUT2D eigenvalue weighted by Gasteiger charge is -2.48. The van der Waals surface area contributed by atoms with Crippen LogP contribution in [0.15, 0.2) is 24.3 Å². The predicted octanol–water partition coefficient (Wildman–Crippen LogP) is 1.95. The highest BCUT2D eigenvalue weighted by atomic mass is 16.4. The Morgan fingerprint density at radius 3 is 2.07 bits per heavy atom. The van der Waals surface area contributed by atoms with Crippen molar-refractivity contribution in [1.82, 2.24) is 14.7 Å². The second-order valence-electron chi connectivity index (χ2n) is 8.75. The summed E-state index contributed by atoms with van der Waals surface area (Å²) in [6.45, 7) is 6.29. The van der Waals surface area contributed by atoms with Gasteiger partial charge in [0.1, 0.15) is 0 Å². The lowest BCUT2D eigenvalue weighted by Crippen LogP contribution is -2.49. The Labute approximate surface area is 167 Å². The maximum absolute atomic E-state index is 12.7. The van der Waals surface area contributed by atoms with Crippen LogP contribution in [-0.4, -0.2) is 84.0 Å². The fourth-order valence-electron chi connectivity index (χ4n) is 4.98. The highest BCUT2D eigenvalue weighted by Gasteiger charge is 2.38. The van der Waals surface area contributed by atoms with Crippen LogP contribution in [0.5, 0.6) is 0 Å². The average Bonchev–Trinajstić information content (AvgIpc) is 2.74. The fraction of sp³-hybridized carbons (Fsp3) is 0.636. The van der Waals surface area contributed by atoms with Crippen LogP contribution < -0.4 is 0 Å². The van der Waals surface area contributed by atoms with Crippen molar-refractivity contribution in [2.75, 3.05) is 52.4 Å². The molecule has 2 bridgehead atoms. The van der Waals surface area contributed by atoms with Crippen LogP contribution in [0.25, 0.3) is 0 Å². The zero-order chi connectivity index (χ0) is 19.6. The third-order valence-electron chi connectivity index (χ3n) is 7.04. The summed E-state index contributed by atoms with van der Waals surface area (Å²) in [6, 6.07) is 8.15. The lowest BCUT2D eigenvalue weighted by atomic mass is 9.69. The molecule has 4 heterocycles. The molecule has 0 saturated carbocycles. The van der Waals surface area contributed by atoms with Crippen LogP contribution in [-0.2, 0) is 11.2 Å². The number of hydrogen-bond donors (Lipinski definition) is 1. The molecule has 0 aliphatic carbocycles. The number of benzene rings is 1. The van der Waals surface area contributed by atoms with E-state index in [0.717, 1.165) is 12.0 Å². The Kier molecular flexibility index (Phi) is 5.69. The predicted molar refractivity (Wildman–Crippen MR) is 107 cm³/mol. The number of rotatable bonds is 6. The van der Waals surface area contributed by atoms with Gasteiger partial charge in [-0.3, -0.25) is 14.5 Å². The summed E-state index contributed by atoms with van der Waals surface area (Å²) in [6.07, 6.45) is 6.40. The molecule has 4 aliphatic heterocycles. The van der Waals surface area contributed by atoms with Gasteiger partial charge in [0.2, 0.25) is 0 Å². The Morgan fingerprint density at radius 1 is 0.893 bits per heavy atom. The third-order valence-corrected chi connectivity index (χ3v) is 7.04. The van der Waals surface area contributed by atoms with E-state index in [-0.39, 0.29) is 12.5 Å². The first-order valence-electron chi connectivity index (χ1n) is 10.6. The molecule has 0 spiro atoms. The highest BCUT2D eigenvalue weighted by molar-refractivity contribution is 5.94. The van der Waals surface area contributed by atoms with Crippen molar-refractivity contribution in [3.63, 3.8) is 0 Å². The molecule has 6 nitrogen and oxygen atoms in total. The molecule has 4 aliphatic rings. The number of carboxylic acid groups (broad SMARTS) is 1. The van der Waals surface area contributed by atoms with Crippen LogP contribution in [0.2, 0.25) is 0 Å². The molecule has 0 atom stereocenters. The number of carbonyl (C=O) groups is 2. The number of aliphatic carboxylic acids is 1. The van der Waals surface area contributed by atoms with E-state index < -0.39 is 5.97 Å². The molecule has 1 aromatic carbocycles. The third kappa shape index (κ3) is 4.39. The number of fused-ring (bicyclic) bond motifs is 3. The van der Waals surface area contributed by atoms with E-state index in [9.17, 15) is 9.59 Å². The SMILES string of the molecule is O=C(O)CN1CCN(C(=O)c2ccc(CCC34CCN(CC3)CC4)cc2)CC1. The molecule has 0 unspecified atom stereocenters. The molecule has 1 amide bonds. The second kappa shape index (κ2) is 8.21. The number of aryl methyl sites for hydroxylation is 1. The first-order chi connectivity index (χ1) is 13.5. The molecule has 6 heteroatoms. The quantitative estimate of drug-likeness (QED) is 0.811. The molecule has 152 valence electrons. The molecule has 4 saturated heterocycles. The maximum atomic E-state index is 12.7. The van der Waals surface area contributed by atoms with E-state index in [1.807, 2.05) is 21.9 Å². The standard InChI is InChI=1S/C22H31N3O3/c26-20(27)17-24-13-15-25(16-14-24)21(28)19-3-1-18(2-4-19)5-6-22-7-10-23(11-8-22)12-9-22/h1-4H,5-17H2,(H,26,27). The van der Waals surface area contributed by atoms with Gasteiger partial charge < -0.3 is 14.9 Å². The van der Waals surface area contributed by atoms with Crippen molar-refractivity contribution >= 4 is 11.9 Å². The molecule has 5 rings (SSSR count). The normalized spacial score (nSPS) is 27.7.